The van der Waals surface area contributed by atoms with Gasteiger partial charge >= 0.3 is 18.2 Å². The Kier molecular flexibility index (Phi) is 6.21. The van der Waals surface area contributed by atoms with E-state index in [0.717, 1.165) is 12.5 Å². The molecule has 0 spiro atoms. The summed E-state index contributed by atoms with van der Waals surface area (Å²) in [6, 6.07) is 10.5. The molecular formula is C27H26F3N3O5. The van der Waals surface area contributed by atoms with Crippen LogP contribution in [0.1, 0.15) is 32.3 Å². The van der Waals surface area contributed by atoms with Gasteiger partial charge in [-0.15, -0.1) is 0 Å². The minimum Gasteiger partial charge on any atom is -0.480 e. The number of likely N-dealkylation sites (tertiary alicyclic amines) is 1. The third-order valence-electron chi connectivity index (χ3n) is 7.54. The molecule has 2 saturated heterocycles. The van der Waals surface area contributed by atoms with E-state index in [1.807, 2.05) is 18.7 Å². The van der Waals surface area contributed by atoms with Crippen molar-refractivity contribution in [3.05, 3.63) is 64.4 Å². The van der Waals surface area contributed by atoms with E-state index < -0.39 is 47.0 Å². The number of halogens is 3. The van der Waals surface area contributed by atoms with Gasteiger partial charge in [0, 0.05) is 22.3 Å². The summed E-state index contributed by atoms with van der Waals surface area (Å²) in [5.41, 5.74) is -1.92. The van der Waals surface area contributed by atoms with Gasteiger partial charge in [0.15, 0.2) is 0 Å². The molecule has 2 N–H and O–H groups in total. The van der Waals surface area contributed by atoms with Crippen molar-refractivity contribution in [1.29, 1.82) is 0 Å². The fraction of sp³-hybridized carbons (Fsp3) is 0.370. The molecule has 3 aromatic rings. The maximum atomic E-state index is 13.5. The molecule has 2 fully saturated rings. The Hall–Kier alpha value is -3.86. The molecule has 38 heavy (non-hydrogen) atoms. The van der Waals surface area contributed by atoms with Gasteiger partial charge in [0.2, 0.25) is 0 Å². The van der Waals surface area contributed by atoms with Crippen molar-refractivity contribution in [1.82, 2.24) is 9.88 Å². The lowest BCUT2D eigenvalue weighted by Gasteiger charge is -2.41. The van der Waals surface area contributed by atoms with Crippen LogP contribution in [0, 0.1) is 0 Å². The number of amides is 1. The number of pyridine rings is 1. The third kappa shape index (κ3) is 4.40. The van der Waals surface area contributed by atoms with Gasteiger partial charge in [-0.2, -0.15) is 13.2 Å². The molecular weight excluding hydrogens is 503 g/mol. The summed E-state index contributed by atoms with van der Waals surface area (Å²) in [5, 5.41) is 10.2. The van der Waals surface area contributed by atoms with E-state index in [0.29, 0.717) is 24.0 Å². The summed E-state index contributed by atoms with van der Waals surface area (Å²) >= 11 is 0. The van der Waals surface area contributed by atoms with Gasteiger partial charge in [0.1, 0.15) is 12.1 Å². The molecule has 200 valence electrons. The highest BCUT2D eigenvalue weighted by Crippen LogP contribution is 2.38. The molecule has 1 amide bonds. The average Bonchev–Trinajstić information content (AvgIpc) is 3.51. The number of H-pyrrole nitrogens is 1. The Bertz CT molecular complexity index is 1480. The number of carbonyl (C=O) groups excluding carboxylic acids is 1. The topological polar surface area (TPSA) is 103 Å². The van der Waals surface area contributed by atoms with Gasteiger partial charge in [0.25, 0.3) is 5.56 Å². The number of ether oxygens (including phenoxy) is 1. The van der Waals surface area contributed by atoms with Crippen LogP contribution in [-0.2, 0) is 15.7 Å². The molecule has 3 heterocycles. The number of nitrogens with one attached hydrogen (secondary N) is 1. The fourth-order valence-corrected chi connectivity index (χ4v) is 5.47. The van der Waals surface area contributed by atoms with E-state index in [4.69, 9.17) is 4.74 Å². The standard InChI is InChI=1S/C27H26F3N3O5/c1-26(2,33-11-5-8-21(33)24(35)36)22-14-32(25(37)38-22)16-10-9-15-12-20(31-23(34)18(15)13-16)17-6-3-4-7-19(17)27(28,29)30/h3-4,6-7,9-10,12-13,21-22H,5,8,11,14H2,1-2H3,(H,31,34)(H,35,36)/t21-,22-/m0/s1. The average molecular weight is 530 g/mol. The van der Waals surface area contributed by atoms with Crippen LogP contribution < -0.4 is 10.5 Å². The molecule has 0 saturated carbocycles. The second-order valence-electron chi connectivity index (χ2n) is 10.2. The number of aromatic nitrogens is 1. The first-order valence-electron chi connectivity index (χ1n) is 12.2. The Morgan fingerprint density at radius 1 is 1.11 bits per heavy atom. The second-order valence-corrected chi connectivity index (χ2v) is 10.2. The van der Waals surface area contributed by atoms with E-state index in [1.54, 1.807) is 12.1 Å². The number of rotatable bonds is 5. The van der Waals surface area contributed by atoms with Gasteiger partial charge in [-0.25, -0.2) is 4.79 Å². The molecule has 8 nitrogen and oxygen atoms in total. The Labute approximate surface area is 215 Å². The number of benzene rings is 2. The van der Waals surface area contributed by atoms with Crippen molar-refractivity contribution >= 4 is 28.5 Å². The van der Waals surface area contributed by atoms with E-state index in [1.165, 1.54) is 35.2 Å². The summed E-state index contributed by atoms with van der Waals surface area (Å²) in [7, 11) is 0. The number of carboxylic acid groups (broad SMARTS) is 1. The normalized spacial score (nSPS) is 20.8. The molecule has 0 radical (unpaired) electrons. The highest BCUT2D eigenvalue weighted by atomic mass is 19.4. The van der Waals surface area contributed by atoms with Gasteiger partial charge in [-0.05, 0) is 62.9 Å². The minimum atomic E-state index is -4.59. The van der Waals surface area contributed by atoms with Crippen molar-refractivity contribution in [3.63, 3.8) is 0 Å². The molecule has 1 aromatic heterocycles. The molecule has 2 aliphatic heterocycles. The second kappa shape index (κ2) is 9.16. The van der Waals surface area contributed by atoms with E-state index in [9.17, 15) is 32.7 Å². The monoisotopic (exact) mass is 529 g/mol. The summed E-state index contributed by atoms with van der Waals surface area (Å²) < 4.78 is 46.2. The highest BCUT2D eigenvalue weighted by molar-refractivity contribution is 5.95. The lowest BCUT2D eigenvalue weighted by Crippen LogP contribution is -2.57. The predicted octanol–water partition coefficient (Wildman–Crippen LogP) is 4.87. The van der Waals surface area contributed by atoms with Crippen molar-refractivity contribution < 1.29 is 32.6 Å². The summed E-state index contributed by atoms with van der Waals surface area (Å²) in [6.45, 7) is 4.42. The van der Waals surface area contributed by atoms with Crippen LogP contribution in [0.3, 0.4) is 0 Å². The number of cyclic esters (lactones) is 1. The molecule has 2 atom stereocenters. The first kappa shape index (κ1) is 25.8. The Balaban J connectivity index is 1.45. The van der Waals surface area contributed by atoms with Crippen molar-refractivity contribution in [2.75, 3.05) is 18.0 Å². The largest absolute Gasteiger partial charge is 0.480 e. The lowest BCUT2D eigenvalue weighted by atomic mass is 9.93. The molecule has 2 aliphatic rings. The molecule has 0 aliphatic carbocycles. The Morgan fingerprint density at radius 3 is 2.55 bits per heavy atom. The molecule has 11 heteroatoms. The summed E-state index contributed by atoms with van der Waals surface area (Å²) in [5.74, 6) is -0.914. The zero-order valence-electron chi connectivity index (χ0n) is 20.7. The molecule has 5 rings (SSSR count). The van der Waals surface area contributed by atoms with Gasteiger partial charge in [-0.3, -0.25) is 19.4 Å². The van der Waals surface area contributed by atoms with Gasteiger partial charge in [-0.1, -0.05) is 24.3 Å². The molecule has 0 bridgehead atoms. The quantitative estimate of drug-likeness (QED) is 0.489. The number of carboxylic acids is 1. The van der Waals surface area contributed by atoms with Crippen LogP contribution in [0.15, 0.2) is 53.3 Å². The first-order valence-corrected chi connectivity index (χ1v) is 12.2. The van der Waals surface area contributed by atoms with E-state index in [2.05, 4.69) is 4.98 Å². The smallest absolute Gasteiger partial charge is 0.417 e. The van der Waals surface area contributed by atoms with Crippen LogP contribution in [0.4, 0.5) is 23.7 Å². The third-order valence-corrected chi connectivity index (χ3v) is 7.54. The number of anilines is 1. The number of alkyl halides is 3. The first-order chi connectivity index (χ1) is 17.9. The van der Waals surface area contributed by atoms with Crippen molar-refractivity contribution in [2.45, 2.75) is 50.6 Å². The lowest BCUT2D eigenvalue weighted by molar-refractivity contribution is -0.145. The maximum absolute atomic E-state index is 13.5. The van der Waals surface area contributed by atoms with E-state index >= 15 is 0 Å². The minimum absolute atomic E-state index is 0.0316. The van der Waals surface area contributed by atoms with Crippen LogP contribution in [0.2, 0.25) is 0 Å². The number of aromatic amines is 1. The zero-order valence-corrected chi connectivity index (χ0v) is 20.7. The number of nitrogens with zero attached hydrogens (tertiary/aromatic N) is 2. The van der Waals surface area contributed by atoms with E-state index in [-0.39, 0.29) is 23.2 Å². The molecule has 2 aromatic carbocycles. The number of hydrogen-bond acceptors (Lipinski definition) is 5. The number of carbonyl (C=O) groups is 2. The van der Waals surface area contributed by atoms with Crippen molar-refractivity contribution in [2.24, 2.45) is 0 Å². The predicted molar refractivity (Wildman–Crippen MR) is 134 cm³/mol. The molecule has 0 unspecified atom stereocenters. The summed E-state index contributed by atoms with van der Waals surface area (Å²) in [6.07, 6.45) is -4.59. The maximum Gasteiger partial charge on any atom is 0.417 e. The van der Waals surface area contributed by atoms with Crippen LogP contribution in [0.5, 0.6) is 0 Å². The number of fused-ring (bicyclic) bond motifs is 1. The van der Waals surface area contributed by atoms with Crippen LogP contribution >= 0.6 is 0 Å². The number of aliphatic carboxylic acids is 1. The van der Waals surface area contributed by atoms with Crippen molar-refractivity contribution in [3.8, 4) is 11.3 Å². The highest BCUT2D eigenvalue weighted by Gasteiger charge is 2.49. The Morgan fingerprint density at radius 2 is 1.84 bits per heavy atom. The van der Waals surface area contributed by atoms with Gasteiger partial charge in [0.05, 0.1) is 17.6 Å². The van der Waals surface area contributed by atoms with Gasteiger partial charge < -0.3 is 14.8 Å². The summed E-state index contributed by atoms with van der Waals surface area (Å²) in [4.78, 5) is 43.3. The zero-order chi connectivity index (χ0) is 27.4. The SMILES string of the molecule is CC(C)([C@@H]1CN(c2ccc3cc(-c4ccccc4C(F)(F)F)[nH]c(=O)c3c2)C(=O)O1)N1CCC[C@H]1C(=O)O. The van der Waals surface area contributed by atoms with Crippen LogP contribution in [0.25, 0.3) is 22.0 Å². The van der Waals surface area contributed by atoms with Crippen LogP contribution in [-0.4, -0.2) is 57.8 Å². The number of hydrogen-bond donors (Lipinski definition) is 2. The fourth-order valence-electron chi connectivity index (χ4n) is 5.47.